The molecule has 142 valence electrons. The number of nitrogens with zero attached hydrogens (tertiary/aromatic N) is 3. The first-order chi connectivity index (χ1) is 12.9. The zero-order chi connectivity index (χ0) is 19.2. The molecule has 0 spiro atoms. The highest BCUT2D eigenvalue weighted by molar-refractivity contribution is 7.91. The van der Waals surface area contributed by atoms with Crippen molar-refractivity contribution in [2.24, 2.45) is 7.05 Å². The number of piperidine rings is 1. The number of hydrogen-bond acceptors (Lipinski definition) is 5. The van der Waals surface area contributed by atoms with Crippen molar-refractivity contribution in [1.29, 1.82) is 0 Å². The van der Waals surface area contributed by atoms with Gasteiger partial charge in [-0.25, -0.2) is 17.8 Å². The zero-order valence-corrected chi connectivity index (χ0v) is 16.3. The van der Waals surface area contributed by atoms with E-state index < -0.39 is 15.1 Å². The molecule has 0 N–H and O–H groups in total. The molecule has 2 aromatic heterocycles. The molecule has 1 fully saturated rings. The van der Waals surface area contributed by atoms with Gasteiger partial charge in [0, 0.05) is 37.2 Å². The Morgan fingerprint density at radius 3 is 2.67 bits per heavy atom. The lowest BCUT2D eigenvalue weighted by atomic mass is 10.1. The fraction of sp³-hybridized carbons (Fsp3) is 0.333. The third-order valence-corrected chi connectivity index (χ3v) is 8.24. The van der Waals surface area contributed by atoms with E-state index >= 15 is 0 Å². The van der Waals surface area contributed by atoms with Gasteiger partial charge in [0.15, 0.2) is 0 Å². The molecule has 3 heterocycles. The van der Waals surface area contributed by atoms with E-state index in [1.807, 2.05) is 0 Å². The smallest absolute Gasteiger partial charge is 0.263 e. The van der Waals surface area contributed by atoms with Crippen LogP contribution in [0.3, 0.4) is 0 Å². The minimum atomic E-state index is -3.51. The fourth-order valence-electron chi connectivity index (χ4n) is 3.42. The number of imidazole rings is 1. The molecule has 1 aromatic carbocycles. The molecule has 0 aliphatic carbocycles. The second-order valence-corrected chi connectivity index (χ2v) is 9.86. The summed E-state index contributed by atoms with van der Waals surface area (Å²) >= 11 is 1.32. The van der Waals surface area contributed by atoms with Gasteiger partial charge in [0.25, 0.3) is 5.91 Å². The van der Waals surface area contributed by atoms with Crippen molar-refractivity contribution < 1.29 is 17.6 Å². The molecule has 1 aliphatic rings. The minimum Gasteiger partial charge on any atom is -0.338 e. The molecular formula is C18H18FN3O3S2. The second-order valence-electron chi connectivity index (χ2n) is 6.65. The van der Waals surface area contributed by atoms with Crippen LogP contribution in [0, 0.1) is 5.82 Å². The van der Waals surface area contributed by atoms with Gasteiger partial charge >= 0.3 is 0 Å². The first-order valence-corrected chi connectivity index (χ1v) is 10.9. The van der Waals surface area contributed by atoms with Crippen molar-refractivity contribution in [2.45, 2.75) is 23.2 Å². The van der Waals surface area contributed by atoms with Crippen LogP contribution in [-0.2, 0) is 16.9 Å². The average molecular weight is 407 g/mol. The highest BCUT2D eigenvalue weighted by atomic mass is 32.2. The van der Waals surface area contributed by atoms with Crippen LogP contribution in [0.2, 0.25) is 0 Å². The van der Waals surface area contributed by atoms with Crippen molar-refractivity contribution >= 4 is 37.2 Å². The van der Waals surface area contributed by atoms with Gasteiger partial charge in [-0.05, 0) is 42.5 Å². The lowest BCUT2D eigenvalue weighted by Crippen LogP contribution is -2.42. The van der Waals surface area contributed by atoms with Gasteiger partial charge in [-0.15, -0.1) is 11.3 Å². The van der Waals surface area contributed by atoms with Crippen molar-refractivity contribution in [3.05, 3.63) is 47.4 Å². The van der Waals surface area contributed by atoms with Crippen LogP contribution in [0.15, 0.2) is 41.8 Å². The summed E-state index contributed by atoms with van der Waals surface area (Å²) in [6.45, 7) is 0.742. The molecule has 3 aromatic rings. The van der Waals surface area contributed by atoms with E-state index in [4.69, 9.17) is 0 Å². The maximum atomic E-state index is 13.3. The number of thiophene rings is 1. The van der Waals surface area contributed by atoms with Crippen LogP contribution in [0.4, 0.5) is 4.39 Å². The van der Waals surface area contributed by atoms with E-state index in [1.165, 1.54) is 34.2 Å². The molecule has 0 bridgehead atoms. The molecule has 0 unspecified atom stereocenters. The van der Waals surface area contributed by atoms with E-state index in [0.717, 1.165) is 4.70 Å². The van der Waals surface area contributed by atoms with Crippen LogP contribution in [0.25, 0.3) is 10.1 Å². The Hall–Kier alpha value is -2.26. The summed E-state index contributed by atoms with van der Waals surface area (Å²) in [6.07, 6.45) is 3.83. The Kier molecular flexibility index (Phi) is 4.51. The Labute approximate surface area is 160 Å². The Morgan fingerprint density at radius 1 is 1.26 bits per heavy atom. The predicted molar refractivity (Wildman–Crippen MR) is 101 cm³/mol. The predicted octanol–water partition coefficient (Wildman–Crippen LogP) is 2.85. The van der Waals surface area contributed by atoms with Crippen LogP contribution in [-0.4, -0.2) is 47.1 Å². The van der Waals surface area contributed by atoms with Crippen LogP contribution < -0.4 is 0 Å². The Morgan fingerprint density at radius 2 is 2.00 bits per heavy atom. The number of carbonyl (C=O) groups excluding carboxylic acids is 1. The Bertz CT molecular complexity index is 1110. The Balaban J connectivity index is 1.48. The number of amides is 1. The van der Waals surface area contributed by atoms with E-state index in [2.05, 4.69) is 4.98 Å². The molecule has 27 heavy (non-hydrogen) atoms. The number of aromatic nitrogens is 2. The lowest BCUT2D eigenvalue weighted by Gasteiger charge is -2.31. The third kappa shape index (κ3) is 3.25. The summed E-state index contributed by atoms with van der Waals surface area (Å²) in [5.41, 5.74) is 0. The van der Waals surface area contributed by atoms with Crippen LogP contribution in [0.1, 0.15) is 22.5 Å². The number of likely N-dealkylation sites (tertiary alicyclic amines) is 1. The third-order valence-electron chi connectivity index (χ3n) is 4.89. The molecule has 0 atom stereocenters. The number of carbonyl (C=O) groups is 1. The monoisotopic (exact) mass is 407 g/mol. The molecular weight excluding hydrogens is 389 g/mol. The molecule has 1 saturated heterocycles. The molecule has 1 aliphatic heterocycles. The normalized spacial score (nSPS) is 16.1. The van der Waals surface area contributed by atoms with Gasteiger partial charge in [0.05, 0.1) is 10.1 Å². The summed E-state index contributed by atoms with van der Waals surface area (Å²) in [5, 5.41) is 0.230. The maximum absolute atomic E-state index is 13.3. The summed E-state index contributed by atoms with van der Waals surface area (Å²) in [6, 6.07) is 6.15. The zero-order valence-electron chi connectivity index (χ0n) is 14.6. The van der Waals surface area contributed by atoms with Gasteiger partial charge in [0.2, 0.25) is 15.0 Å². The SMILES string of the molecule is Cn1ccnc1S(=O)(=O)C1CCN(C(=O)c2cc3cc(F)ccc3s2)CC1. The van der Waals surface area contributed by atoms with Crippen LogP contribution in [0.5, 0.6) is 0 Å². The maximum Gasteiger partial charge on any atom is 0.263 e. The van der Waals surface area contributed by atoms with Crippen LogP contribution >= 0.6 is 11.3 Å². The van der Waals surface area contributed by atoms with Gasteiger partial charge in [-0.2, -0.15) is 0 Å². The number of benzene rings is 1. The van der Waals surface area contributed by atoms with E-state index in [1.54, 1.807) is 30.3 Å². The number of aryl methyl sites for hydroxylation is 1. The topological polar surface area (TPSA) is 72.3 Å². The number of halogens is 1. The molecule has 1 amide bonds. The van der Waals surface area contributed by atoms with E-state index in [-0.39, 0.29) is 16.9 Å². The second kappa shape index (κ2) is 6.72. The molecule has 0 saturated carbocycles. The van der Waals surface area contributed by atoms with Gasteiger partial charge in [-0.3, -0.25) is 4.79 Å². The highest BCUT2D eigenvalue weighted by Crippen LogP contribution is 2.29. The number of rotatable bonds is 3. The summed E-state index contributed by atoms with van der Waals surface area (Å²) in [4.78, 5) is 18.9. The first kappa shape index (κ1) is 18.1. The van der Waals surface area contributed by atoms with Crippen molar-refractivity contribution in [2.75, 3.05) is 13.1 Å². The van der Waals surface area contributed by atoms with Gasteiger partial charge < -0.3 is 9.47 Å². The van der Waals surface area contributed by atoms with Gasteiger partial charge in [0.1, 0.15) is 5.82 Å². The summed E-state index contributed by atoms with van der Waals surface area (Å²) in [5.74, 6) is -0.468. The summed E-state index contributed by atoms with van der Waals surface area (Å²) < 4.78 is 41.2. The highest BCUT2D eigenvalue weighted by Gasteiger charge is 2.35. The summed E-state index contributed by atoms with van der Waals surface area (Å²) in [7, 11) is -1.86. The van der Waals surface area contributed by atoms with E-state index in [9.17, 15) is 17.6 Å². The fourth-order valence-corrected chi connectivity index (χ4v) is 6.23. The average Bonchev–Trinajstić information content (AvgIpc) is 3.27. The molecule has 4 rings (SSSR count). The lowest BCUT2D eigenvalue weighted by molar-refractivity contribution is 0.0730. The quantitative estimate of drug-likeness (QED) is 0.669. The molecule has 9 heteroatoms. The largest absolute Gasteiger partial charge is 0.338 e. The van der Waals surface area contributed by atoms with Gasteiger partial charge in [-0.1, -0.05) is 0 Å². The van der Waals surface area contributed by atoms with E-state index in [0.29, 0.717) is 36.2 Å². The number of hydrogen-bond donors (Lipinski definition) is 0. The van der Waals surface area contributed by atoms with Crippen molar-refractivity contribution in [3.63, 3.8) is 0 Å². The molecule has 0 radical (unpaired) electrons. The number of fused-ring (bicyclic) bond motifs is 1. The van der Waals surface area contributed by atoms with Crippen molar-refractivity contribution in [1.82, 2.24) is 14.5 Å². The van der Waals surface area contributed by atoms with Crippen molar-refractivity contribution in [3.8, 4) is 0 Å². The first-order valence-electron chi connectivity index (χ1n) is 8.56. The standard InChI is InChI=1S/C18H18FN3O3S2/c1-21-9-6-20-18(21)27(24,25)14-4-7-22(8-5-14)17(23)16-11-12-10-13(19)2-3-15(12)26-16/h2-3,6,9-11,14H,4-5,7-8H2,1H3. The minimum absolute atomic E-state index is 0.0683. The number of sulfone groups is 1. The molecule has 6 nitrogen and oxygen atoms in total.